The van der Waals surface area contributed by atoms with E-state index in [2.05, 4.69) is 10.3 Å². The number of nitrogen functional groups attached to an aromatic ring is 1. The van der Waals surface area contributed by atoms with Gasteiger partial charge >= 0.3 is 5.97 Å². The van der Waals surface area contributed by atoms with Crippen molar-refractivity contribution >= 4 is 23.2 Å². The van der Waals surface area contributed by atoms with E-state index in [0.717, 1.165) is 0 Å². The Morgan fingerprint density at radius 3 is 2.79 bits per heavy atom. The Labute approximate surface area is 108 Å². The predicted molar refractivity (Wildman–Crippen MR) is 70.0 cm³/mol. The molecule has 0 atom stereocenters. The molecule has 0 aliphatic rings. The van der Waals surface area contributed by atoms with E-state index in [1.165, 1.54) is 18.3 Å². The monoisotopic (exact) mass is 261 g/mol. The molecule has 1 aromatic carbocycles. The van der Waals surface area contributed by atoms with Gasteiger partial charge in [-0.05, 0) is 30.7 Å². The van der Waals surface area contributed by atoms with Crippen molar-refractivity contribution in [3.05, 3.63) is 47.4 Å². The topological polar surface area (TPSA) is 88.2 Å². The number of halogens is 1. The number of hydrogen-bond donors (Lipinski definition) is 3. The molecular formula is C13H12FN3O2. The van der Waals surface area contributed by atoms with Crippen molar-refractivity contribution < 1.29 is 14.3 Å². The molecule has 0 radical (unpaired) electrons. The van der Waals surface area contributed by atoms with Crippen LogP contribution in [-0.4, -0.2) is 16.1 Å². The van der Waals surface area contributed by atoms with Crippen LogP contribution in [-0.2, 0) is 0 Å². The van der Waals surface area contributed by atoms with Crippen molar-refractivity contribution in [2.75, 3.05) is 11.1 Å². The summed E-state index contributed by atoms with van der Waals surface area (Å²) in [7, 11) is 0. The summed E-state index contributed by atoms with van der Waals surface area (Å²) in [6, 6.07) is 5.87. The molecule has 0 aliphatic carbocycles. The number of rotatable bonds is 3. The number of aromatic carboxylic acids is 1. The zero-order valence-electron chi connectivity index (χ0n) is 10.1. The molecule has 0 bridgehead atoms. The number of anilines is 3. The number of hydrogen-bond acceptors (Lipinski definition) is 4. The zero-order valence-corrected chi connectivity index (χ0v) is 10.1. The second-order valence-corrected chi connectivity index (χ2v) is 4.01. The highest BCUT2D eigenvalue weighted by Crippen LogP contribution is 2.24. The van der Waals surface area contributed by atoms with Crippen LogP contribution in [0.2, 0.25) is 0 Å². The summed E-state index contributed by atoms with van der Waals surface area (Å²) in [5, 5.41) is 11.7. The molecule has 1 heterocycles. The third-order valence-corrected chi connectivity index (χ3v) is 2.66. The Morgan fingerprint density at radius 2 is 2.16 bits per heavy atom. The number of aromatic nitrogens is 1. The van der Waals surface area contributed by atoms with Crippen LogP contribution in [0.1, 0.15) is 15.9 Å². The van der Waals surface area contributed by atoms with Crippen molar-refractivity contribution in [2.45, 2.75) is 6.92 Å². The minimum Gasteiger partial charge on any atom is -0.478 e. The van der Waals surface area contributed by atoms with E-state index in [1.807, 2.05) is 0 Å². The molecule has 0 amide bonds. The number of benzene rings is 1. The van der Waals surface area contributed by atoms with E-state index in [-0.39, 0.29) is 22.9 Å². The van der Waals surface area contributed by atoms with Gasteiger partial charge < -0.3 is 16.2 Å². The third kappa shape index (κ3) is 2.62. The highest BCUT2D eigenvalue weighted by atomic mass is 19.1. The minimum atomic E-state index is -1.14. The highest BCUT2D eigenvalue weighted by Gasteiger charge is 2.12. The summed E-state index contributed by atoms with van der Waals surface area (Å²) in [5.74, 6) is -1.32. The van der Waals surface area contributed by atoms with Crippen LogP contribution >= 0.6 is 0 Å². The first-order valence-electron chi connectivity index (χ1n) is 5.50. The van der Waals surface area contributed by atoms with Crippen LogP contribution in [0.25, 0.3) is 0 Å². The average Bonchev–Trinajstić information content (AvgIpc) is 2.36. The van der Waals surface area contributed by atoms with Gasteiger partial charge in [0.25, 0.3) is 0 Å². The summed E-state index contributed by atoms with van der Waals surface area (Å²) in [6.07, 6.45) is 1.33. The second kappa shape index (κ2) is 4.93. The minimum absolute atomic E-state index is 0.0102. The van der Waals surface area contributed by atoms with Crippen molar-refractivity contribution in [3.8, 4) is 0 Å². The fourth-order valence-electron chi connectivity index (χ4n) is 1.57. The SMILES string of the molecule is Cc1ccc(Nc2nccc(C(=O)O)c2N)cc1F. The number of carboxylic acids is 1. The van der Waals surface area contributed by atoms with E-state index in [0.29, 0.717) is 11.3 Å². The van der Waals surface area contributed by atoms with Crippen LogP contribution in [0.5, 0.6) is 0 Å². The van der Waals surface area contributed by atoms with Crippen LogP contribution in [0.15, 0.2) is 30.5 Å². The molecule has 0 saturated heterocycles. The van der Waals surface area contributed by atoms with Gasteiger partial charge in [0, 0.05) is 11.9 Å². The molecule has 1 aromatic heterocycles. The van der Waals surface area contributed by atoms with Gasteiger partial charge in [-0.2, -0.15) is 0 Å². The summed E-state index contributed by atoms with van der Waals surface area (Å²) in [4.78, 5) is 14.9. The van der Waals surface area contributed by atoms with Gasteiger partial charge in [-0.3, -0.25) is 0 Å². The first-order valence-corrected chi connectivity index (χ1v) is 5.50. The standard InChI is InChI=1S/C13H12FN3O2/c1-7-2-3-8(6-10(7)14)17-12-11(15)9(13(18)19)4-5-16-12/h2-6H,15H2,1H3,(H,16,17)(H,18,19). The number of nitrogens with zero attached hydrogens (tertiary/aromatic N) is 1. The maximum absolute atomic E-state index is 13.4. The molecule has 2 rings (SSSR count). The Bertz CT molecular complexity index is 644. The number of pyridine rings is 1. The van der Waals surface area contributed by atoms with Gasteiger partial charge in [0.1, 0.15) is 5.82 Å². The third-order valence-electron chi connectivity index (χ3n) is 2.66. The fraction of sp³-hybridized carbons (Fsp3) is 0.0769. The summed E-state index contributed by atoms with van der Waals surface area (Å²) < 4.78 is 13.4. The number of carbonyl (C=O) groups is 1. The van der Waals surface area contributed by atoms with E-state index in [4.69, 9.17) is 10.8 Å². The lowest BCUT2D eigenvalue weighted by atomic mass is 10.2. The first-order chi connectivity index (χ1) is 8.99. The normalized spacial score (nSPS) is 10.2. The smallest absolute Gasteiger partial charge is 0.337 e. The molecule has 5 nitrogen and oxygen atoms in total. The molecule has 6 heteroatoms. The Balaban J connectivity index is 2.35. The predicted octanol–water partition coefficient (Wildman–Crippen LogP) is 2.55. The van der Waals surface area contributed by atoms with E-state index in [1.54, 1.807) is 19.1 Å². The number of nitrogens with one attached hydrogen (secondary N) is 1. The van der Waals surface area contributed by atoms with Crippen LogP contribution in [0.3, 0.4) is 0 Å². The fourth-order valence-corrected chi connectivity index (χ4v) is 1.57. The quantitative estimate of drug-likeness (QED) is 0.790. The molecule has 0 unspecified atom stereocenters. The van der Waals surface area contributed by atoms with E-state index in [9.17, 15) is 9.18 Å². The molecule has 0 saturated carbocycles. The number of carboxylic acid groups (broad SMARTS) is 1. The lowest BCUT2D eigenvalue weighted by Gasteiger charge is -2.10. The molecule has 0 fully saturated rings. The Morgan fingerprint density at radius 1 is 1.42 bits per heavy atom. The van der Waals surface area contributed by atoms with Crippen LogP contribution in [0.4, 0.5) is 21.6 Å². The number of aryl methyl sites for hydroxylation is 1. The molecule has 98 valence electrons. The summed E-state index contributed by atoms with van der Waals surface area (Å²) in [5.41, 5.74) is 6.63. The largest absolute Gasteiger partial charge is 0.478 e. The van der Waals surface area contributed by atoms with Gasteiger partial charge in [-0.1, -0.05) is 6.07 Å². The first kappa shape index (κ1) is 12.8. The lowest BCUT2D eigenvalue weighted by Crippen LogP contribution is -2.07. The lowest BCUT2D eigenvalue weighted by molar-refractivity contribution is 0.0698. The van der Waals surface area contributed by atoms with Crippen LogP contribution < -0.4 is 11.1 Å². The van der Waals surface area contributed by atoms with E-state index >= 15 is 0 Å². The summed E-state index contributed by atoms with van der Waals surface area (Å²) in [6.45, 7) is 1.65. The molecule has 19 heavy (non-hydrogen) atoms. The van der Waals surface area contributed by atoms with Crippen LogP contribution in [0, 0.1) is 12.7 Å². The molecule has 0 spiro atoms. The summed E-state index contributed by atoms with van der Waals surface area (Å²) >= 11 is 0. The van der Waals surface area contributed by atoms with Crippen molar-refractivity contribution in [3.63, 3.8) is 0 Å². The van der Waals surface area contributed by atoms with Crippen molar-refractivity contribution in [1.29, 1.82) is 0 Å². The Kier molecular flexibility index (Phi) is 3.33. The van der Waals surface area contributed by atoms with Crippen molar-refractivity contribution in [1.82, 2.24) is 4.98 Å². The van der Waals surface area contributed by atoms with Gasteiger partial charge in [0.05, 0.1) is 11.3 Å². The van der Waals surface area contributed by atoms with Gasteiger partial charge in [0.2, 0.25) is 0 Å². The zero-order chi connectivity index (χ0) is 14.0. The van der Waals surface area contributed by atoms with Gasteiger partial charge in [0.15, 0.2) is 5.82 Å². The molecular weight excluding hydrogens is 249 g/mol. The van der Waals surface area contributed by atoms with Gasteiger partial charge in [-0.25, -0.2) is 14.2 Å². The van der Waals surface area contributed by atoms with E-state index < -0.39 is 5.97 Å². The average molecular weight is 261 g/mol. The molecule has 4 N–H and O–H groups in total. The Hall–Kier alpha value is -2.63. The van der Waals surface area contributed by atoms with Crippen molar-refractivity contribution in [2.24, 2.45) is 0 Å². The number of nitrogens with two attached hydrogens (primary N) is 1. The maximum atomic E-state index is 13.4. The van der Waals surface area contributed by atoms with Gasteiger partial charge in [-0.15, -0.1) is 0 Å². The maximum Gasteiger partial charge on any atom is 0.337 e. The molecule has 0 aliphatic heterocycles. The highest BCUT2D eigenvalue weighted by molar-refractivity contribution is 5.96. The molecule has 2 aromatic rings. The second-order valence-electron chi connectivity index (χ2n) is 4.01.